The number of carbonyl (C=O) groups excluding carboxylic acids is 3. The molecular formula is C34H32N2O8S. The van der Waals surface area contributed by atoms with Gasteiger partial charge in [-0.1, -0.05) is 41.7 Å². The lowest BCUT2D eigenvalue weighted by Gasteiger charge is -2.23. The molecule has 1 amide bonds. The molecule has 0 spiro atoms. The van der Waals surface area contributed by atoms with Gasteiger partial charge in [-0.3, -0.25) is 14.5 Å². The van der Waals surface area contributed by atoms with Crippen LogP contribution in [0.15, 0.2) is 72.3 Å². The van der Waals surface area contributed by atoms with Crippen LogP contribution in [0.2, 0.25) is 0 Å². The molecule has 0 bridgehead atoms. The van der Waals surface area contributed by atoms with Gasteiger partial charge in [-0.15, -0.1) is 0 Å². The van der Waals surface area contributed by atoms with Crippen molar-refractivity contribution in [1.82, 2.24) is 4.98 Å². The number of methoxy groups -OCH3 is 2. The SMILES string of the molecule is CCOC(=O)c1sc(N2C(=O)C(=O)/C(=C(/O)c3ccc(OCc4ccccc4C)cc3)C2c2ccc(OC)c(OC)c2)nc1C. The van der Waals surface area contributed by atoms with Crippen LogP contribution in [0.3, 0.4) is 0 Å². The van der Waals surface area contributed by atoms with Gasteiger partial charge in [0.25, 0.3) is 5.78 Å². The van der Waals surface area contributed by atoms with Crippen molar-refractivity contribution in [2.24, 2.45) is 0 Å². The van der Waals surface area contributed by atoms with Crippen LogP contribution in [0.25, 0.3) is 5.76 Å². The maximum atomic E-state index is 13.6. The first-order valence-corrected chi connectivity index (χ1v) is 14.9. The van der Waals surface area contributed by atoms with E-state index in [0.717, 1.165) is 22.5 Å². The molecule has 1 aliphatic heterocycles. The Bertz CT molecular complexity index is 1790. The van der Waals surface area contributed by atoms with Crippen LogP contribution in [0.4, 0.5) is 5.13 Å². The summed E-state index contributed by atoms with van der Waals surface area (Å²) >= 11 is 0.933. The zero-order chi connectivity index (χ0) is 32.2. The summed E-state index contributed by atoms with van der Waals surface area (Å²) in [6.45, 7) is 5.85. The molecule has 4 aromatic rings. The van der Waals surface area contributed by atoms with E-state index in [-0.39, 0.29) is 27.9 Å². The number of thiazole rings is 1. The smallest absolute Gasteiger partial charge is 0.350 e. The third-order valence-electron chi connectivity index (χ3n) is 7.40. The number of aliphatic hydroxyl groups excluding tert-OH is 1. The molecule has 45 heavy (non-hydrogen) atoms. The van der Waals surface area contributed by atoms with Crippen LogP contribution in [0.5, 0.6) is 17.2 Å². The molecular weight excluding hydrogens is 596 g/mol. The number of aromatic nitrogens is 1. The summed E-state index contributed by atoms with van der Waals surface area (Å²) in [4.78, 5) is 45.7. The molecule has 0 aliphatic carbocycles. The number of aryl methyl sites for hydroxylation is 2. The summed E-state index contributed by atoms with van der Waals surface area (Å²) in [5.74, 6) is -1.40. The molecule has 11 heteroatoms. The Labute approximate surface area is 264 Å². The van der Waals surface area contributed by atoms with Crippen LogP contribution < -0.4 is 19.1 Å². The normalized spacial score (nSPS) is 15.7. The Morgan fingerprint density at radius 3 is 2.36 bits per heavy atom. The zero-order valence-corrected chi connectivity index (χ0v) is 26.3. The lowest BCUT2D eigenvalue weighted by Crippen LogP contribution is -2.29. The predicted octanol–water partition coefficient (Wildman–Crippen LogP) is 6.16. The fourth-order valence-corrected chi connectivity index (χ4v) is 6.02. The highest BCUT2D eigenvalue weighted by atomic mass is 32.1. The van der Waals surface area contributed by atoms with Crippen molar-refractivity contribution in [1.29, 1.82) is 0 Å². The maximum Gasteiger partial charge on any atom is 0.350 e. The minimum absolute atomic E-state index is 0.108. The van der Waals surface area contributed by atoms with Crippen molar-refractivity contribution in [2.75, 3.05) is 25.7 Å². The standard InChI is InChI=1S/C34H32N2O8S/c1-6-43-33(40)31-20(3)35-34(45-31)36-28(22-13-16-25(41-4)26(17-22)42-5)27(30(38)32(36)39)29(37)21-11-14-24(15-12-21)44-18-23-10-8-7-9-19(23)2/h7-17,28,37H,6,18H2,1-5H3/b29-27+. The first kappa shape index (κ1) is 31.3. The van der Waals surface area contributed by atoms with E-state index in [9.17, 15) is 19.5 Å². The molecule has 10 nitrogen and oxygen atoms in total. The summed E-state index contributed by atoms with van der Waals surface area (Å²) in [6.07, 6.45) is 0. The number of ketones is 1. The number of esters is 1. The van der Waals surface area contributed by atoms with Crippen molar-refractivity contribution < 1.29 is 38.4 Å². The van der Waals surface area contributed by atoms with Gasteiger partial charge in [0.05, 0.1) is 38.1 Å². The summed E-state index contributed by atoms with van der Waals surface area (Å²) in [5, 5.41) is 11.7. The maximum absolute atomic E-state index is 13.6. The average molecular weight is 629 g/mol. The van der Waals surface area contributed by atoms with Gasteiger partial charge < -0.3 is 24.1 Å². The molecule has 1 N–H and O–H groups in total. The summed E-state index contributed by atoms with van der Waals surface area (Å²) in [7, 11) is 2.96. The minimum Gasteiger partial charge on any atom is -0.507 e. The first-order valence-electron chi connectivity index (χ1n) is 14.1. The van der Waals surface area contributed by atoms with Gasteiger partial charge in [0, 0.05) is 5.56 Å². The van der Waals surface area contributed by atoms with E-state index in [4.69, 9.17) is 18.9 Å². The van der Waals surface area contributed by atoms with Crippen molar-refractivity contribution in [3.63, 3.8) is 0 Å². The van der Waals surface area contributed by atoms with E-state index in [0.29, 0.717) is 40.7 Å². The summed E-state index contributed by atoms with van der Waals surface area (Å²) in [5.41, 5.74) is 3.12. The van der Waals surface area contributed by atoms with Gasteiger partial charge in [-0.05, 0) is 73.9 Å². The second kappa shape index (κ2) is 13.2. The second-order valence-corrected chi connectivity index (χ2v) is 11.1. The van der Waals surface area contributed by atoms with Crippen molar-refractivity contribution in [3.05, 3.63) is 105 Å². The van der Waals surface area contributed by atoms with Crippen LogP contribution >= 0.6 is 11.3 Å². The lowest BCUT2D eigenvalue weighted by molar-refractivity contribution is -0.132. The van der Waals surface area contributed by atoms with E-state index in [1.807, 2.05) is 31.2 Å². The number of hydrogen-bond acceptors (Lipinski definition) is 10. The number of ether oxygens (including phenoxy) is 4. The summed E-state index contributed by atoms with van der Waals surface area (Å²) in [6, 6.07) is 18.4. The number of anilines is 1. The van der Waals surface area contributed by atoms with E-state index in [2.05, 4.69) is 4.98 Å². The van der Waals surface area contributed by atoms with Crippen molar-refractivity contribution in [3.8, 4) is 17.2 Å². The Morgan fingerprint density at radius 2 is 1.69 bits per heavy atom. The highest BCUT2D eigenvalue weighted by molar-refractivity contribution is 7.17. The van der Waals surface area contributed by atoms with Gasteiger partial charge in [0.1, 0.15) is 23.0 Å². The van der Waals surface area contributed by atoms with Gasteiger partial charge in [0.2, 0.25) is 0 Å². The largest absolute Gasteiger partial charge is 0.507 e. The topological polar surface area (TPSA) is 124 Å². The molecule has 2 heterocycles. The fourth-order valence-electron chi connectivity index (χ4n) is 5.04. The van der Waals surface area contributed by atoms with E-state index in [1.54, 1.807) is 56.3 Å². The average Bonchev–Trinajstić information content (AvgIpc) is 3.56. The van der Waals surface area contributed by atoms with Gasteiger partial charge >= 0.3 is 11.9 Å². The second-order valence-electron chi connectivity index (χ2n) is 10.2. The molecule has 1 aliphatic rings. The number of aliphatic hydroxyl groups is 1. The Balaban J connectivity index is 1.57. The lowest BCUT2D eigenvalue weighted by atomic mass is 9.95. The fraction of sp³-hybridized carbons (Fsp3) is 0.235. The number of carbonyl (C=O) groups is 3. The van der Waals surface area contributed by atoms with Crippen LogP contribution in [0, 0.1) is 13.8 Å². The molecule has 5 rings (SSSR count). The summed E-state index contributed by atoms with van der Waals surface area (Å²) < 4.78 is 21.9. The minimum atomic E-state index is -1.10. The third-order valence-corrected chi connectivity index (χ3v) is 8.54. The third kappa shape index (κ3) is 6.12. The monoisotopic (exact) mass is 628 g/mol. The van der Waals surface area contributed by atoms with Crippen LogP contribution in [0.1, 0.15) is 50.6 Å². The van der Waals surface area contributed by atoms with E-state index < -0.39 is 23.7 Å². The number of amides is 1. The highest BCUT2D eigenvalue weighted by Crippen LogP contribution is 2.45. The number of hydrogen-bond donors (Lipinski definition) is 1. The van der Waals surface area contributed by atoms with Gasteiger partial charge in [-0.2, -0.15) is 0 Å². The molecule has 1 fully saturated rings. The van der Waals surface area contributed by atoms with Gasteiger partial charge in [-0.25, -0.2) is 9.78 Å². The van der Waals surface area contributed by atoms with E-state index >= 15 is 0 Å². The number of benzene rings is 3. The predicted molar refractivity (Wildman–Crippen MR) is 169 cm³/mol. The highest BCUT2D eigenvalue weighted by Gasteiger charge is 2.48. The van der Waals surface area contributed by atoms with Gasteiger partial charge in [0.15, 0.2) is 16.6 Å². The number of nitrogens with zero attached hydrogens (tertiary/aromatic N) is 2. The molecule has 0 radical (unpaired) electrons. The molecule has 3 aromatic carbocycles. The molecule has 232 valence electrons. The Hall–Kier alpha value is -5.16. The zero-order valence-electron chi connectivity index (χ0n) is 25.5. The quantitative estimate of drug-likeness (QED) is 0.0952. The van der Waals surface area contributed by atoms with Crippen molar-refractivity contribution in [2.45, 2.75) is 33.4 Å². The molecule has 1 unspecified atom stereocenters. The Kier molecular flexibility index (Phi) is 9.19. The molecule has 0 saturated carbocycles. The number of Topliss-reactive ketones (excluding diaryl/α,β-unsaturated/α-hetero) is 1. The molecule has 1 atom stereocenters. The number of rotatable bonds is 10. The molecule has 1 aromatic heterocycles. The van der Waals surface area contributed by atoms with Crippen LogP contribution in [-0.2, 0) is 20.9 Å². The first-order chi connectivity index (χ1) is 21.7. The van der Waals surface area contributed by atoms with Crippen LogP contribution in [-0.4, -0.2) is 48.6 Å². The Morgan fingerprint density at radius 1 is 0.978 bits per heavy atom. The molecule has 1 saturated heterocycles. The van der Waals surface area contributed by atoms with E-state index in [1.165, 1.54) is 19.1 Å². The van der Waals surface area contributed by atoms with Crippen molar-refractivity contribution >= 4 is 39.9 Å².